The summed E-state index contributed by atoms with van der Waals surface area (Å²) in [6.45, 7) is 6.02. The van der Waals surface area contributed by atoms with Gasteiger partial charge in [-0.25, -0.2) is 9.50 Å². The van der Waals surface area contributed by atoms with Gasteiger partial charge in [-0.3, -0.25) is 0 Å². The summed E-state index contributed by atoms with van der Waals surface area (Å²) in [6.07, 6.45) is 1.84. The molecule has 0 fully saturated rings. The highest BCUT2D eigenvalue weighted by atomic mass is 32.2. The van der Waals surface area contributed by atoms with E-state index in [0.29, 0.717) is 22.6 Å². The summed E-state index contributed by atoms with van der Waals surface area (Å²) in [6, 6.07) is 1.98. The number of fused-ring (bicyclic) bond motifs is 1. The lowest BCUT2D eigenvalue weighted by Gasteiger charge is -1.97. The van der Waals surface area contributed by atoms with Crippen molar-refractivity contribution in [3.8, 4) is 0 Å². The molecule has 0 aliphatic rings. The monoisotopic (exact) mass is 304 g/mol. The minimum atomic E-state index is 0.561. The molecule has 3 rings (SSSR count). The number of hydrogen-bond donors (Lipinski definition) is 0. The second-order valence-corrected chi connectivity index (χ2v) is 5.73. The highest BCUT2D eigenvalue weighted by Crippen LogP contribution is 2.19. The van der Waals surface area contributed by atoms with Crippen LogP contribution in [0.2, 0.25) is 0 Å². The molecular formula is C13H16N6OS. The highest BCUT2D eigenvalue weighted by Gasteiger charge is 2.11. The molecule has 0 aliphatic carbocycles. The van der Waals surface area contributed by atoms with Crippen LogP contribution in [0.15, 0.2) is 15.7 Å². The van der Waals surface area contributed by atoms with Crippen molar-refractivity contribution in [2.24, 2.45) is 0 Å². The van der Waals surface area contributed by atoms with Crippen molar-refractivity contribution in [3.63, 3.8) is 0 Å². The smallest absolute Gasteiger partial charge is 0.253 e. The predicted molar refractivity (Wildman–Crippen MR) is 78.1 cm³/mol. The molecule has 3 aromatic rings. The Balaban J connectivity index is 1.74. The summed E-state index contributed by atoms with van der Waals surface area (Å²) in [7, 11) is 0. The maximum Gasteiger partial charge on any atom is 0.253 e. The first-order valence-corrected chi connectivity index (χ1v) is 7.79. The zero-order valence-electron chi connectivity index (χ0n) is 12.2. The molecule has 0 unspecified atom stereocenters. The Labute approximate surface area is 126 Å². The lowest BCUT2D eigenvalue weighted by atomic mass is 10.3. The normalized spacial score (nSPS) is 11.4. The minimum absolute atomic E-state index is 0.561. The molecule has 0 atom stereocenters. The minimum Gasteiger partial charge on any atom is -0.338 e. The van der Waals surface area contributed by atoms with Crippen molar-refractivity contribution >= 4 is 17.5 Å². The first kappa shape index (κ1) is 14.0. The van der Waals surface area contributed by atoms with E-state index in [4.69, 9.17) is 4.52 Å². The first-order chi connectivity index (χ1) is 10.2. The molecule has 0 amide bonds. The third-order valence-electron chi connectivity index (χ3n) is 2.91. The van der Waals surface area contributed by atoms with E-state index in [1.165, 1.54) is 11.8 Å². The Kier molecular flexibility index (Phi) is 3.87. The quantitative estimate of drug-likeness (QED) is 0.669. The third-order valence-corrected chi connectivity index (χ3v) is 3.73. The van der Waals surface area contributed by atoms with Crippen LogP contribution in [-0.4, -0.2) is 29.7 Å². The van der Waals surface area contributed by atoms with Gasteiger partial charge in [0.05, 0.1) is 5.75 Å². The topological polar surface area (TPSA) is 82.0 Å². The molecule has 0 N–H and O–H groups in total. The second-order valence-electron chi connectivity index (χ2n) is 4.79. The number of nitrogens with zero attached hydrogens (tertiary/aromatic N) is 6. The Bertz CT molecular complexity index is 765. The van der Waals surface area contributed by atoms with Crippen LogP contribution in [0.5, 0.6) is 0 Å². The van der Waals surface area contributed by atoms with Crippen LogP contribution < -0.4 is 0 Å². The van der Waals surface area contributed by atoms with Gasteiger partial charge in [0.2, 0.25) is 11.0 Å². The van der Waals surface area contributed by atoms with Crippen LogP contribution in [0.4, 0.5) is 0 Å². The van der Waals surface area contributed by atoms with Crippen LogP contribution in [0.25, 0.3) is 5.78 Å². The van der Waals surface area contributed by atoms with Crippen molar-refractivity contribution < 1.29 is 4.52 Å². The van der Waals surface area contributed by atoms with E-state index in [1.807, 2.05) is 19.9 Å². The van der Waals surface area contributed by atoms with E-state index < -0.39 is 0 Å². The summed E-state index contributed by atoms with van der Waals surface area (Å²) < 4.78 is 6.94. The Hall–Kier alpha value is -1.96. The summed E-state index contributed by atoms with van der Waals surface area (Å²) in [4.78, 5) is 13.1. The number of aromatic nitrogens is 6. The Morgan fingerprint density at radius 2 is 2.10 bits per heavy atom. The van der Waals surface area contributed by atoms with E-state index >= 15 is 0 Å². The summed E-state index contributed by atoms with van der Waals surface area (Å²) in [5.41, 5.74) is 1.95. The van der Waals surface area contributed by atoms with Crippen LogP contribution in [0.1, 0.15) is 36.4 Å². The number of hydrogen-bond acceptors (Lipinski definition) is 7. The number of aryl methyl sites for hydroxylation is 3. The molecule has 0 saturated carbocycles. The van der Waals surface area contributed by atoms with Gasteiger partial charge in [0, 0.05) is 17.8 Å². The average Bonchev–Trinajstić information content (AvgIpc) is 3.03. The first-order valence-electron chi connectivity index (χ1n) is 6.81. The maximum atomic E-state index is 5.20. The summed E-state index contributed by atoms with van der Waals surface area (Å²) in [5, 5.41) is 9.02. The maximum absolute atomic E-state index is 5.20. The average molecular weight is 304 g/mol. The molecule has 0 aromatic carbocycles. The van der Waals surface area contributed by atoms with Crippen molar-refractivity contribution in [3.05, 3.63) is 29.2 Å². The van der Waals surface area contributed by atoms with Crippen LogP contribution >= 0.6 is 11.8 Å². The van der Waals surface area contributed by atoms with Gasteiger partial charge in [0.25, 0.3) is 5.78 Å². The van der Waals surface area contributed by atoms with E-state index in [-0.39, 0.29) is 0 Å². The fourth-order valence-corrected chi connectivity index (χ4v) is 2.66. The predicted octanol–water partition coefficient (Wildman–Crippen LogP) is 2.37. The van der Waals surface area contributed by atoms with Crippen molar-refractivity contribution in [1.82, 2.24) is 29.7 Å². The van der Waals surface area contributed by atoms with Crippen molar-refractivity contribution in [1.29, 1.82) is 0 Å². The van der Waals surface area contributed by atoms with Gasteiger partial charge >= 0.3 is 0 Å². The van der Waals surface area contributed by atoms with Gasteiger partial charge in [0.15, 0.2) is 5.82 Å². The largest absolute Gasteiger partial charge is 0.338 e. The molecule has 7 nitrogen and oxygen atoms in total. The zero-order valence-corrected chi connectivity index (χ0v) is 13.0. The van der Waals surface area contributed by atoms with Crippen LogP contribution in [0, 0.1) is 13.8 Å². The lowest BCUT2D eigenvalue weighted by molar-refractivity contribution is 0.384. The second kappa shape index (κ2) is 5.80. The fourth-order valence-electron chi connectivity index (χ4n) is 2.01. The lowest BCUT2D eigenvalue weighted by Crippen LogP contribution is -1.97. The van der Waals surface area contributed by atoms with E-state index in [9.17, 15) is 0 Å². The van der Waals surface area contributed by atoms with Gasteiger partial charge in [0.1, 0.15) is 0 Å². The summed E-state index contributed by atoms with van der Waals surface area (Å²) in [5.74, 6) is 2.53. The van der Waals surface area contributed by atoms with Gasteiger partial charge in [-0.15, -0.1) is 5.10 Å². The summed E-state index contributed by atoms with van der Waals surface area (Å²) >= 11 is 1.47. The van der Waals surface area contributed by atoms with Crippen molar-refractivity contribution in [2.45, 2.75) is 44.5 Å². The van der Waals surface area contributed by atoms with Gasteiger partial charge in [-0.2, -0.15) is 9.97 Å². The molecule has 8 heteroatoms. The van der Waals surface area contributed by atoms with Crippen molar-refractivity contribution in [2.75, 3.05) is 0 Å². The molecular weight excluding hydrogens is 288 g/mol. The molecule has 0 aliphatic heterocycles. The van der Waals surface area contributed by atoms with Gasteiger partial charge in [-0.1, -0.05) is 23.8 Å². The molecule has 110 valence electrons. The van der Waals surface area contributed by atoms with Crippen LogP contribution in [-0.2, 0) is 12.2 Å². The molecule has 0 spiro atoms. The molecule has 3 aromatic heterocycles. The Morgan fingerprint density at radius 3 is 2.90 bits per heavy atom. The standard InChI is InChI=1S/C13H16N6OS/c1-4-5-10-15-11(20-18-10)7-21-13-16-12-14-8(2)6-9(3)19(12)17-13/h6H,4-5,7H2,1-3H3. The highest BCUT2D eigenvalue weighted by molar-refractivity contribution is 7.98. The molecule has 0 saturated heterocycles. The number of thioether (sulfide) groups is 1. The van der Waals surface area contributed by atoms with E-state index in [2.05, 4.69) is 32.1 Å². The third kappa shape index (κ3) is 3.05. The van der Waals surface area contributed by atoms with Gasteiger partial charge in [-0.05, 0) is 26.3 Å². The van der Waals surface area contributed by atoms with Crippen LogP contribution in [0.3, 0.4) is 0 Å². The molecule has 0 bridgehead atoms. The number of rotatable bonds is 5. The molecule has 21 heavy (non-hydrogen) atoms. The molecule has 3 heterocycles. The van der Waals surface area contributed by atoms with E-state index in [0.717, 1.165) is 30.1 Å². The fraction of sp³-hybridized carbons (Fsp3) is 0.462. The zero-order chi connectivity index (χ0) is 14.8. The van der Waals surface area contributed by atoms with E-state index in [1.54, 1.807) is 4.52 Å². The molecule has 0 radical (unpaired) electrons. The Morgan fingerprint density at radius 1 is 1.24 bits per heavy atom. The SMILES string of the molecule is CCCc1noc(CSc2nc3nc(C)cc(C)n3n2)n1. The van der Waals surface area contributed by atoms with Gasteiger partial charge < -0.3 is 4.52 Å².